The highest BCUT2D eigenvalue weighted by molar-refractivity contribution is 7.21. The van der Waals surface area contributed by atoms with E-state index in [0.717, 1.165) is 60.1 Å². The van der Waals surface area contributed by atoms with E-state index >= 15 is 0 Å². The van der Waals surface area contributed by atoms with Crippen LogP contribution in [0.2, 0.25) is 5.15 Å². The van der Waals surface area contributed by atoms with Crippen molar-refractivity contribution in [2.24, 2.45) is 0 Å². The summed E-state index contributed by atoms with van der Waals surface area (Å²) >= 11 is 7.89. The largest absolute Gasteiger partial charge is 0.351 e. The second kappa shape index (κ2) is 9.60. The number of halogens is 1. The van der Waals surface area contributed by atoms with Crippen LogP contribution in [0.5, 0.6) is 0 Å². The molecule has 0 saturated carbocycles. The Bertz CT molecular complexity index is 1040. The van der Waals surface area contributed by atoms with Crippen molar-refractivity contribution < 1.29 is 4.79 Å². The molecule has 160 valence electrons. The van der Waals surface area contributed by atoms with Gasteiger partial charge in [0.1, 0.15) is 5.15 Å². The molecule has 3 heterocycles. The minimum atomic E-state index is -0.0270. The monoisotopic (exact) mass is 444 g/mol. The number of nitrogens with zero attached hydrogens (tertiary/aromatic N) is 3. The second-order valence-electron chi connectivity index (χ2n) is 8.07. The summed E-state index contributed by atoms with van der Waals surface area (Å²) in [5.74, 6) is -0.0270. The van der Waals surface area contributed by atoms with E-state index in [1.165, 1.54) is 29.9 Å². The summed E-state index contributed by atoms with van der Waals surface area (Å²) < 4.78 is 1.03. The zero-order chi connectivity index (χ0) is 21.1. The van der Waals surface area contributed by atoms with Crippen molar-refractivity contribution in [3.63, 3.8) is 0 Å². The first-order valence-corrected chi connectivity index (χ1v) is 12.0. The third-order valence-corrected chi connectivity index (χ3v) is 7.19. The molecule has 3 aromatic rings. The predicted octanol–water partition coefficient (Wildman–Crippen LogP) is 4.56. The van der Waals surface area contributed by atoms with Gasteiger partial charge >= 0.3 is 0 Å². The molecule has 0 spiro atoms. The van der Waals surface area contributed by atoms with E-state index < -0.39 is 0 Å². The molecular weight excluding hydrogens is 416 g/mol. The molecule has 1 amide bonds. The summed E-state index contributed by atoms with van der Waals surface area (Å²) in [4.78, 5) is 22.9. The van der Waals surface area contributed by atoms with Crippen molar-refractivity contribution in [1.29, 1.82) is 0 Å². The lowest BCUT2D eigenvalue weighted by molar-refractivity contribution is 0.0952. The molecule has 0 aliphatic carbocycles. The number of carbonyl (C=O) groups excluding carboxylic acids is 1. The lowest BCUT2D eigenvalue weighted by Gasteiger charge is -2.34. The normalized spacial score (nSPS) is 15.8. The highest BCUT2D eigenvalue weighted by atomic mass is 35.5. The van der Waals surface area contributed by atoms with Gasteiger partial charge in [0.2, 0.25) is 0 Å². The summed E-state index contributed by atoms with van der Waals surface area (Å²) in [7, 11) is 0. The Balaban J connectivity index is 1.34. The Morgan fingerprint density at radius 1 is 1.13 bits per heavy atom. The third-order valence-electron chi connectivity index (χ3n) is 5.73. The third kappa shape index (κ3) is 4.78. The maximum Gasteiger partial charge on any atom is 0.261 e. The molecule has 0 atom stereocenters. The number of pyridine rings is 1. The van der Waals surface area contributed by atoms with Gasteiger partial charge in [0.15, 0.2) is 0 Å². The van der Waals surface area contributed by atoms with Gasteiger partial charge in [-0.1, -0.05) is 30.2 Å². The molecule has 1 N–H and O–H groups in total. The quantitative estimate of drug-likeness (QED) is 0.428. The number of piperazine rings is 1. The van der Waals surface area contributed by atoms with Crippen LogP contribution >= 0.6 is 22.9 Å². The van der Waals surface area contributed by atoms with Crippen LogP contribution in [0.4, 0.5) is 0 Å². The van der Waals surface area contributed by atoms with E-state index in [1.807, 2.05) is 18.2 Å². The second-order valence-corrected chi connectivity index (χ2v) is 9.48. The number of aromatic nitrogens is 1. The Hall–Kier alpha value is -1.73. The van der Waals surface area contributed by atoms with Crippen LogP contribution in [0.1, 0.15) is 35.0 Å². The Labute approximate surface area is 187 Å². The molecule has 0 unspecified atom stereocenters. The minimum absolute atomic E-state index is 0.0270. The highest BCUT2D eigenvalue weighted by Crippen LogP contribution is 2.36. The van der Waals surface area contributed by atoms with Gasteiger partial charge < -0.3 is 15.1 Å². The molecule has 7 heteroatoms. The predicted molar refractivity (Wildman–Crippen MR) is 127 cm³/mol. The summed E-state index contributed by atoms with van der Waals surface area (Å²) in [5.41, 5.74) is 2.04. The Morgan fingerprint density at radius 3 is 2.60 bits per heavy atom. The van der Waals surface area contributed by atoms with E-state index in [1.54, 1.807) is 0 Å². The zero-order valence-corrected chi connectivity index (χ0v) is 19.3. The topological polar surface area (TPSA) is 48.5 Å². The summed E-state index contributed by atoms with van der Waals surface area (Å²) in [6, 6.07) is 8.00. The molecule has 1 aromatic carbocycles. The standard InChI is InChI=1S/C23H29ClN4OS/c1-3-8-27-10-12-28(13-11-27)9-4-7-25-23(29)20-15-18-21(30-20)17-14-16(2)5-6-19(17)26-22(18)24/h5-6,14-15H,3-4,7-13H2,1-2H3,(H,25,29). The van der Waals surface area contributed by atoms with Crippen LogP contribution in [0, 0.1) is 6.92 Å². The number of hydrogen-bond donors (Lipinski definition) is 1. The van der Waals surface area contributed by atoms with Gasteiger partial charge in [-0.2, -0.15) is 0 Å². The molecule has 4 rings (SSSR count). The molecule has 5 nitrogen and oxygen atoms in total. The van der Waals surface area contributed by atoms with E-state index in [4.69, 9.17) is 11.6 Å². The Kier molecular flexibility index (Phi) is 6.88. The molecule has 0 radical (unpaired) electrons. The van der Waals surface area contributed by atoms with Crippen LogP contribution in [0.15, 0.2) is 24.3 Å². The molecule has 30 heavy (non-hydrogen) atoms. The average Bonchev–Trinajstić information content (AvgIpc) is 3.20. The lowest BCUT2D eigenvalue weighted by Crippen LogP contribution is -2.47. The highest BCUT2D eigenvalue weighted by Gasteiger charge is 2.17. The van der Waals surface area contributed by atoms with Gasteiger partial charge in [0, 0.05) is 48.2 Å². The van der Waals surface area contributed by atoms with Crippen LogP contribution in [-0.2, 0) is 0 Å². The van der Waals surface area contributed by atoms with Crippen LogP contribution in [0.25, 0.3) is 21.0 Å². The van der Waals surface area contributed by atoms with Gasteiger partial charge in [0.25, 0.3) is 5.91 Å². The van der Waals surface area contributed by atoms with Crippen LogP contribution < -0.4 is 5.32 Å². The van der Waals surface area contributed by atoms with Crippen molar-refractivity contribution in [2.45, 2.75) is 26.7 Å². The first kappa shape index (κ1) is 21.5. The van der Waals surface area contributed by atoms with Crippen LogP contribution in [0.3, 0.4) is 0 Å². The number of thiophene rings is 1. The molecule has 1 fully saturated rings. The molecule has 1 aliphatic heterocycles. The summed E-state index contributed by atoms with van der Waals surface area (Å²) in [5, 5.41) is 5.45. The maximum atomic E-state index is 12.7. The zero-order valence-electron chi connectivity index (χ0n) is 17.7. The van der Waals surface area contributed by atoms with Crippen LogP contribution in [-0.4, -0.2) is 66.5 Å². The van der Waals surface area contributed by atoms with Gasteiger partial charge in [-0.05, 0) is 51.1 Å². The fourth-order valence-electron chi connectivity index (χ4n) is 4.10. The number of fused-ring (bicyclic) bond motifs is 3. The lowest BCUT2D eigenvalue weighted by atomic mass is 10.1. The SMILES string of the molecule is CCCN1CCN(CCCNC(=O)c2cc3c(Cl)nc4ccc(C)cc4c3s2)CC1. The van der Waals surface area contributed by atoms with E-state index in [-0.39, 0.29) is 5.91 Å². The first-order chi connectivity index (χ1) is 14.5. The fourth-order valence-corrected chi connectivity index (χ4v) is 5.49. The van der Waals surface area contributed by atoms with Crippen molar-refractivity contribution >= 4 is 49.8 Å². The van der Waals surface area contributed by atoms with Gasteiger partial charge in [-0.3, -0.25) is 4.79 Å². The van der Waals surface area contributed by atoms with Crippen molar-refractivity contribution in [3.8, 4) is 0 Å². The van der Waals surface area contributed by atoms with Gasteiger partial charge in [0.05, 0.1) is 10.4 Å². The molecule has 2 aromatic heterocycles. The van der Waals surface area contributed by atoms with E-state index in [0.29, 0.717) is 16.6 Å². The number of benzene rings is 1. The number of amides is 1. The smallest absolute Gasteiger partial charge is 0.261 e. The number of aryl methyl sites for hydroxylation is 1. The van der Waals surface area contributed by atoms with E-state index in [9.17, 15) is 4.79 Å². The number of carbonyl (C=O) groups is 1. The van der Waals surface area contributed by atoms with Crippen molar-refractivity contribution in [3.05, 3.63) is 39.9 Å². The first-order valence-electron chi connectivity index (χ1n) is 10.8. The van der Waals surface area contributed by atoms with Crippen molar-refractivity contribution in [1.82, 2.24) is 20.1 Å². The summed E-state index contributed by atoms with van der Waals surface area (Å²) in [6.07, 6.45) is 2.19. The van der Waals surface area contributed by atoms with E-state index in [2.05, 4.69) is 40.0 Å². The maximum absolute atomic E-state index is 12.7. The van der Waals surface area contributed by atoms with Gasteiger partial charge in [-0.15, -0.1) is 11.3 Å². The van der Waals surface area contributed by atoms with Crippen molar-refractivity contribution in [2.75, 3.05) is 45.8 Å². The van der Waals surface area contributed by atoms with Gasteiger partial charge in [-0.25, -0.2) is 4.98 Å². The summed E-state index contributed by atoms with van der Waals surface area (Å²) in [6.45, 7) is 11.8. The Morgan fingerprint density at radius 2 is 1.87 bits per heavy atom. The fraction of sp³-hybridized carbons (Fsp3) is 0.478. The molecule has 0 bridgehead atoms. The number of rotatable bonds is 7. The number of nitrogens with one attached hydrogen (secondary N) is 1. The molecular formula is C23H29ClN4OS. The molecule has 1 saturated heterocycles. The number of hydrogen-bond acceptors (Lipinski definition) is 5. The minimum Gasteiger partial charge on any atom is -0.351 e. The average molecular weight is 445 g/mol. The molecule has 1 aliphatic rings.